The summed E-state index contributed by atoms with van der Waals surface area (Å²) in [7, 11) is 0. The van der Waals surface area contributed by atoms with E-state index in [-0.39, 0.29) is 12.1 Å². The Bertz CT molecular complexity index is 313. The smallest absolute Gasteiger partial charge is 0.331 e. The maximum atomic E-state index is 11.4. The zero-order valence-corrected chi connectivity index (χ0v) is 13.4. The van der Waals surface area contributed by atoms with Gasteiger partial charge in [0.25, 0.3) is 0 Å². The zero-order chi connectivity index (χ0) is 14.8. The van der Waals surface area contributed by atoms with E-state index in [1.54, 1.807) is 6.08 Å². The van der Waals surface area contributed by atoms with Gasteiger partial charge in [-0.3, -0.25) is 0 Å². The third kappa shape index (κ3) is 10.5. The Kier molecular flexibility index (Phi) is 9.28. The molecule has 0 rings (SSSR count). The van der Waals surface area contributed by atoms with Crippen molar-refractivity contribution >= 4 is 5.97 Å². The average Bonchev–Trinajstić information content (AvgIpc) is 2.32. The molecule has 0 aromatic rings. The lowest BCUT2D eigenvalue weighted by atomic mass is 9.96. The molecule has 0 spiro atoms. The molecule has 0 bridgehead atoms. The van der Waals surface area contributed by atoms with Gasteiger partial charge in [-0.2, -0.15) is 0 Å². The number of allylic oxidation sites excluding steroid dienone is 3. The minimum Gasteiger partial charge on any atom is -0.460 e. The predicted octanol–water partition coefficient (Wildman–Crippen LogP) is 4.90. The molecule has 0 aromatic carbocycles. The molecule has 19 heavy (non-hydrogen) atoms. The van der Waals surface area contributed by atoms with Crippen molar-refractivity contribution in [2.24, 2.45) is 11.8 Å². The molecule has 0 radical (unpaired) electrons. The Morgan fingerprint density at radius 3 is 2.32 bits per heavy atom. The molecule has 0 saturated carbocycles. The summed E-state index contributed by atoms with van der Waals surface area (Å²) < 4.78 is 5.07. The third-order valence-corrected chi connectivity index (χ3v) is 3.20. The maximum absolute atomic E-state index is 11.4. The van der Waals surface area contributed by atoms with Crippen LogP contribution in [-0.2, 0) is 9.53 Å². The van der Waals surface area contributed by atoms with E-state index < -0.39 is 0 Å². The quantitative estimate of drug-likeness (QED) is 0.355. The monoisotopic (exact) mass is 266 g/mol. The first-order valence-corrected chi connectivity index (χ1v) is 7.42. The largest absolute Gasteiger partial charge is 0.460 e. The van der Waals surface area contributed by atoms with Gasteiger partial charge in [0, 0.05) is 6.08 Å². The van der Waals surface area contributed by atoms with Gasteiger partial charge in [0.2, 0.25) is 0 Å². The van der Waals surface area contributed by atoms with E-state index in [1.807, 2.05) is 26.8 Å². The van der Waals surface area contributed by atoms with Crippen LogP contribution in [0, 0.1) is 11.8 Å². The first kappa shape index (κ1) is 17.9. The summed E-state index contributed by atoms with van der Waals surface area (Å²) in [6.45, 7) is 12.4. The standard InChI is InChI=1S/C17H30O2/c1-7-14(4)8-9-15(5)10-11-16(6)12-17(18)19-13(2)3/h10-15H,7-9H2,1-6H3/b11-10+,16-12+. The van der Waals surface area contributed by atoms with Gasteiger partial charge in [0.15, 0.2) is 0 Å². The van der Waals surface area contributed by atoms with Crippen molar-refractivity contribution in [1.29, 1.82) is 0 Å². The van der Waals surface area contributed by atoms with Gasteiger partial charge >= 0.3 is 5.97 Å². The van der Waals surface area contributed by atoms with Crippen LogP contribution >= 0.6 is 0 Å². The summed E-state index contributed by atoms with van der Waals surface area (Å²) in [5.41, 5.74) is 0.945. The molecule has 110 valence electrons. The number of carbonyl (C=O) groups is 1. The van der Waals surface area contributed by atoms with E-state index in [1.165, 1.54) is 19.3 Å². The molecule has 0 aliphatic heterocycles. The van der Waals surface area contributed by atoms with Crippen LogP contribution in [0.2, 0.25) is 0 Å². The molecule has 2 unspecified atom stereocenters. The molecular weight excluding hydrogens is 236 g/mol. The summed E-state index contributed by atoms with van der Waals surface area (Å²) in [4.78, 5) is 11.4. The molecule has 0 aliphatic rings. The zero-order valence-electron chi connectivity index (χ0n) is 13.4. The predicted molar refractivity (Wildman–Crippen MR) is 82.0 cm³/mol. The first-order valence-electron chi connectivity index (χ1n) is 7.42. The summed E-state index contributed by atoms with van der Waals surface area (Å²) in [5.74, 6) is 1.09. The van der Waals surface area contributed by atoms with Gasteiger partial charge in [-0.15, -0.1) is 0 Å². The molecule has 0 N–H and O–H groups in total. The number of hydrogen-bond acceptors (Lipinski definition) is 2. The number of hydrogen-bond donors (Lipinski definition) is 0. The lowest BCUT2D eigenvalue weighted by Gasteiger charge is -2.10. The minimum atomic E-state index is -0.260. The van der Waals surface area contributed by atoms with Crippen molar-refractivity contribution in [1.82, 2.24) is 0 Å². The fourth-order valence-electron chi connectivity index (χ4n) is 1.66. The summed E-state index contributed by atoms with van der Waals surface area (Å²) in [6.07, 6.45) is 9.40. The van der Waals surface area contributed by atoms with Gasteiger partial charge in [-0.05, 0) is 44.6 Å². The summed E-state index contributed by atoms with van der Waals surface area (Å²) >= 11 is 0. The molecule has 2 nitrogen and oxygen atoms in total. The molecule has 2 heteroatoms. The van der Waals surface area contributed by atoms with E-state index >= 15 is 0 Å². The molecule has 0 saturated heterocycles. The highest BCUT2D eigenvalue weighted by atomic mass is 16.5. The van der Waals surface area contributed by atoms with Crippen molar-refractivity contribution in [3.05, 3.63) is 23.8 Å². The number of carbonyl (C=O) groups excluding carboxylic acids is 1. The molecule has 2 atom stereocenters. The Balaban J connectivity index is 4.15. The van der Waals surface area contributed by atoms with Crippen molar-refractivity contribution in [2.75, 3.05) is 0 Å². The molecular formula is C17H30O2. The summed E-state index contributed by atoms with van der Waals surface area (Å²) in [5, 5.41) is 0. The maximum Gasteiger partial charge on any atom is 0.331 e. The van der Waals surface area contributed by atoms with Crippen molar-refractivity contribution in [2.45, 2.75) is 66.9 Å². The Morgan fingerprint density at radius 1 is 1.16 bits per heavy atom. The Morgan fingerprint density at radius 2 is 1.79 bits per heavy atom. The van der Waals surface area contributed by atoms with Crippen LogP contribution < -0.4 is 0 Å². The van der Waals surface area contributed by atoms with Gasteiger partial charge in [-0.1, -0.05) is 45.8 Å². The van der Waals surface area contributed by atoms with Gasteiger partial charge < -0.3 is 4.74 Å². The van der Waals surface area contributed by atoms with Crippen LogP contribution in [0.15, 0.2) is 23.8 Å². The lowest BCUT2D eigenvalue weighted by Crippen LogP contribution is -2.08. The van der Waals surface area contributed by atoms with Crippen LogP contribution in [-0.4, -0.2) is 12.1 Å². The highest BCUT2D eigenvalue weighted by molar-refractivity contribution is 5.83. The second-order valence-corrected chi connectivity index (χ2v) is 5.80. The van der Waals surface area contributed by atoms with E-state index in [0.29, 0.717) is 5.92 Å². The SMILES string of the molecule is CCC(C)CCC(C)/C=C/C(C)=C/C(=O)OC(C)C. The van der Waals surface area contributed by atoms with Crippen LogP contribution in [0.3, 0.4) is 0 Å². The second kappa shape index (κ2) is 9.82. The number of esters is 1. The lowest BCUT2D eigenvalue weighted by molar-refractivity contribution is -0.141. The second-order valence-electron chi connectivity index (χ2n) is 5.80. The fraction of sp³-hybridized carbons (Fsp3) is 0.706. The molecule has 0 fully saturated rings. The molecule has 0 aromatic heterocycles. The van der Waals surface area contributed by atoms with Gasteiger partial charge in [0.1, 0.15) is 0 Å². The van der Waals surface area contributed by atoms with Crippen LogP contribution in [0.5, 0.6) is 0 Å². The molecule has 0 heterocycles. The Labute approximate surface area is 118 Å². The van der Waals surface area contributed by atoms with Gasteiger partial charge in [0.05, 0.1) is 6.10 Å². The number of ether oxygens (including phenoxy) is 1. The first-order chi connectivity index (χ1) is 8.85. The minimum absolute atomic E-state index is 0.0602. The highest BCUT2D eigenvalue weighted by Crippen LogP contribution is 2.16. The average molecular weight is 266 g/mol. The van der Waals surface area contributed by atoms with E-state index in [0.717, 1.165) is 11.5 Å². The van der Waals surface area contributed by atoms with E-state index in [9.17, 15) is 4.79 Å². The van der Waals surface area contributed by atoms with Gasteiger partial charge in [-0.25, -0.2) is 4.79 Å². The highest BCUT2D eigenvalue weighted by Gasteiger charge is 2.03. The van der Waals surface area contributed by atoms with Crippen LogP contribution in [0.4, 0.5) is 0 Å². The topological polar surface area (TPSA) is 26.3 Å². The number of rotatable bonds is 8. The summed E-state index contributed by atoms with van der Waals surface area (Å²) in [6, 6.07) is 0. The molecule has 0 amide bonds. The van der Waals surface area contributed by atoms with Crippen molar-refractivity contribution in [3.63, 3.8) is 0 Å². The van der Waals surface area contributed by atoms with Crippen LogP contribution in [0.25, 0.3) is 0 Å². The van der Waals surface area contributed by atoms with Crippen molar-refractivity contribution < 1.29 is 9.53 Å². The van der Waals surface area contributed by atoms with E-state index in [4.69, 9.17) is 4.74 Å². The molecule has 0 aliphatic carbocycles. The van der Waals surface area contributed by atoms with Crippen molar-refractivity contribution in [3.8, 4) is 0 Å². The fourth-order valence-corrected chi connectivity index (χ4v) is 1.66. The Hall–Kier alpha value is -1.05. The third-order valence-electron chi connectivity index (χ3n) is 3.20. The van der Waals surface area contributed by atoms with E-state index in [2.05, 4.69) is 26.8 Å². The normalized spacial score (nSPS) is 15.8. The van der Waals surface area contributed by atoms with Crippen LogP contribution in [0.1, 0.15) is 60.8 Å².